The minimum Gasteiger partial charge on any atom is -0.478 e. The van der Waals surface area contributed by atoms with Crippen molar-refractivity contribution in [2.24, 2.45) is 0 Å². The maximum atomic E-state index is 11.6. The van der Waals surface area contributed by atoms with Gasteiger partial charge in [-0.25, -0.2) is 9.59 Å². The zero-order valence-corrected chi connectivity index (χ0v) is 11.8. The summed E-state index contributed by atoms with van der Waals surface area (Å²) in [6.07, 6.45) is 2.92. The Bertz CT molecular complexity index is 451. The van der Waals surface area contributed by atoms with E-state index in [0.717, 1.165) is 6.42 Å². The molecule has 0 aromatic heterocycles. The fourth-order valence-corrected chi connectivity index (χ4v) is 1.77. The predicted octanol–water partition coefficient (Wildman–Crippen LogP) is 2.65. The molecule has 0 radical (unpaired) electrons. The summed E-state index contributed by atoms with van der Waals surface area (Å²) in [5, 5.41) is 14.7. The fraction of sp³-hybridized carbons (Fsp3) is 0.385. The first-order chi connectivity index (χ1) is 9.02. The van der Waals surface area contributed by atoms with E-state index >= 15 is 0 Å². The second-order valence-electron chi connectivity index (χ2n) is 4.10. The van der Waals surface area contributed by atoms with Crippen LogP contribution in [0.2, 0.25) is 0 Å². The number of hydrogen-bond acceptors (Lipinski definition) is 3. The van der Waals surface area contributed by atoms with Crippen LogP contribution in [0.3, 0.4) is 0 Å². The summed E-state index contributed by atoms with van der Waals surface area (Å²) in [6.45, 7) is 2.69. The molecule has 0 saturated carbocycles. The Labute approximate surface area is 116 Å². The van der Waals surface area contributed by atoms with Gasteiger partial charge in [0.15, 0.2) is 0 Å². The monoisotopic (exact) mass is 282 g/mol. The minimum absolute atomic E-state index is 0.147. The number of carboxylic acids is 1. The van der Waals surface area contributed by atoms with E-state index in [4.69, 9.17) is 5.11 Å². The van der Waals surface area contributed by atoms with Crippen LogP contribution in [-0.4, -0.2) is 35.2 Å². The quantitative estimate of drug-likeness (QED) is 0.749. The summed E-state index contributed by atoms with van der Waals surface area (Å²) >= 11 is 1.75. The molecule has 0 aliphatic heterocycles. The number of rotatable bonds is 6. The van der Waals surface area contributed by atoms with E-state index in [9.17, 15) is 9.59 Å². The van der Waals surface area contributed by atoms with Crippen LogP contribution in [-0.2, 0) is 0 Å². The third kappa shape index (κ3) is 5.65. The lowest BCUT2D eigenvalue weighted by Gasteiger charge is -2.10. The second kappa shape index (κ2) is 7.68. The summed E-state index contributed by atoms with van der Waals surface area (Å²) in [4.78, 5) is 22.4. The van der Waals surface area contributed by atoms with Crippen LogP contribution in [0.4, 0.5) is 10.5 Å². The molecule has 5 nitrogen and oxygen atoms in total. The first-order valence-electron chi connectivity index (χ1n) is 5.94. The van der Waals surface area contributed by atoms with Crippen LogP contribution in [0, 0.1) is 0 Å². The van der Waals surface area contributed by atoms with Gasteiger partial charge in [0, 0.05) is 17.5 Å². The molecule has 0 spiro atoms. The van der Waals surface area contributed by atoms with Crippen molar-refractivity contribution in [2.75, 3.05) is 18.1 Å². The molecular formula is C13H18N2O3S. The number of nitrogens with one attached hydrogen (secondary N) is 2. The Kier molecular flexibility index (Phi) is 6.21. The molecule has 6 heteroatoms. The standard InChI is InChI=1S/C13H18N2O3S/c1-9(19-2)6-7-14-13(18)15-11-5-3-4-10(8-11)12(16)17/h3-5,8-9H,6-7H2,1-2H3,(H,16,17)(H2,14,15,18). The predicted molar refractivity (Wildman–Crippen MR) is 78.0 cm³/mol. The third-order valence-corrected chi connectivity index (χ3v) is 3.65. The van der Waals surface area contributed by atoms with E-state index in [1.165, 1.54) is 12.1 Å². The first-order valence-corrected chi connectivity index (χ1v) is 7.22. The van der Waals surface area contributed by atoms with Crippen molar-refractivity contribution < 1.29 is 14.7 Å². The lowest BCUT2D eigenvalue weighted by atomic mass is 10.2. The average molecular weight is 282 g/mol. The fourth-order valence-electron chi connectivity index (χ4n) is 1.41. The highest BCUT2D eigenvalue weighted by atomic mass is 32.2. The van der Waals surface area contributed by atoms with Gasteiger partial charge >= 0.3 is 12.0 Å². The number of urea groups is 1. The molecule has 104 valence electrons. The first kappa shape index (κ1) is 15.4. The van der Waals surface area contributed by atoms with E-state index in [1.807, 2.05) is 6.26 Å². The summed E-state index contributed by atoms with van der Waals surface area (Å²) in [7, 11) is 0. The van der Waals surface area contributed by atoms with E-state index in [-0.39, 0.29) is 11.6 Å². The summed E-state index contributed by atoms with van der Waals surface area (Å²) in [5.74, 6) is -1.02. The van der Waals surface area contributed by atoms with Crippen molar-refractivity contribution in [1.29, 1.82) is 0 Å². The van der Waals surface area contributed by atoms with Crippen LogP contribution in [0.1, 0.15) is 23.7 Å². The van der Waals surface area contributed by atoms with Crippen molar-refractivity contribution in [3.8, 4) is 0 Å². The molecular weight excluding hydrogens is 264 g/mol. The van der Waals surface area contributed by atoms with Gasteiger partial charge in [0.05, 0.1) is 5.56 Å². The number of anilines is 1. The molecule has 1 rings (SSSR count). The second-order valence-corrected chi connectivity index (χ2v) is 5.38. The minimum atomic E-state index is -1.02. The number of hydrogen-bond donors (Lipinski definition) is 3. The lowest BCUT2D eigenvalue weighted by molar-refractivity contribution is 0.0697. The molecule has 3 N–H and O–H groups in total. The van der Waals surface area contributed by atoms with Gasteiger partial charge in [-0.3, -0.25) is 0 Å². The molecule has 1 aromatic carbocycles. The van der Waals surface area contributed by atoms with Gasteiger partial charge in [0.25, 0.3) is 0 Å². The van der Waals surface area contributed by atoms with Crippen molar-refractivity contribution in [1.82, 2.24) is 5.32 Å². The van der Waals surface area contributed by atoms with Crippen LogP contribution >= 0.6 is 11.8 Å². The molecule has 0 fully saturated rings. The smallest absolute Gasteiger partial charge is 0.335 e. The maximum Gasteiger partial charge on any atom is 0.335 e. The number of aromatic carboxylic acids is 1. The van der Waals surface area contributed by atoms with Gasteiger partial charge in [-0.2, -0.15) is 11.8 Å². The normalized spacial score (nSPS) is 11.7. The van der Waals surface area contributed by atoms with Gasteiger partial charge in [-0.05, 0) is 30.9 Å². The summed E-state index contributed by atoms with van der Waals surface area (Å²) < 4.78 is 0. The van der Waals surface area contributed by atoms with Crippen LogP contribution < -0.4 is 10.6 Å². The molecule has 0 aliphatic carbocycles. The molecule has 1 atom stereocenters. The van der Waals surface area contributed by atoms with Gasteiger partial charge in [0.1, 0.15) is 0 Å². The highest BCUT2D eigenvalue weighted by molar-refractivity contribution is 7.99. The average Bonchev–Trinajstić information content (AvgIpc) is 2.38. The maximum absolute atomic E-state index is 11.6. The van der Waals surface area contributed by atoms with E-state index < -0.39 is 5.97 Å². The van der Waals surface area contributed by atoms with Crippen molar-refractivity contribution >= 4 is 29.4 Å². The Morgan fingerprint density at radius 1 is 1.42 bits per heavy atom. The third-order valence-electron chi connectivity index (χ3n) is 2.61. The zero-order valence-electron chi connectivity index (χ0n) is 11.0. The van der Waals surface area contributed by atoms with Gasteiger partial charge in [0.2, 0.25) is 0 Å². The Morgan fingerprint density at radius 2 is 2.16 bits per heavy atom. The van der Waals surface area contributed by atoms with Gasteiger partial charge in [-0.1, -0.05) is 13.0 Å². The molecule has 1 aromatic rings. The molecule has 2 amide bonds. The molecule has 0 aliphatic rings. The highest BCUT2D eigenvalue weighted by Gasteiger charge is 2.06. The number of benzene rings is 1. The summed E-state index contributed by atoms with van der Waals surface area (Å²) in [6, 6.07) is 5.82. The Morgan fingerprint density at radius 3 is 2.79 bits per heavy atom. The Balaban J connectivity index is 2.44. The zero-order chi connectivity index (χ0) is 14.3. The number of amides is 2. The van der Waals surface area contributed by atoms with Crippen molar-refractivity contribution in [3.63, 3.8) is 0 Å². The van der Waals surface area contributed by atoms with Crippen molar-refractivity contribution in [2.45, 2.75) is 18.6 Å². The number of carboxylic acid groups (broad SMARTS) is 1. The molecule has 0 heterocycles. The molecule has 19 heavy (non-hydrogen) atoms. The van der Waals surface area contributed by atoms with Crippen LogP contribution in [0.25, 0.3) is 0 Å². The van der Waals surface area contributed by atoms with E-state index in [1.54, 1.807) is 23.9 Å². The van der Waals surface area contributed by atoms with Crippen LogP contribution in [0.5, 0.6) is 0 Å². The topological polar surface area (TPSA) is 78.4 Å². The van der Waals surface area contributed by atoms with E-state index in [0.29, 0.717) is 17.5 Å². The molecule has 0 bridgehead atoms. The number of thioether (sulfide) groups is 1. The van der Waals surface area contributed by atoms with Gasteiger partial charge in [-0.15, -0.1) is 0 Å². The summed E-state index contributed by atoms with van der Waals surface area (Å²) in [5.41, 5.74) is 0.615. The highest BCUT2D eigenvalue weighted by Crippen LogP contribution is 2.11. The SMILES string of the molecule is CSC(C)CCNC(=O)Nc1cccc(C(=O)O)c1. The largest absolute Gasteiger partial charge is 0.478 e. The number of carbonyl (C=O) groups is 2. The Hall–Kier alpha value is -1.69. The van der Waals surface area contributed by atoms with E-state index in [2.05, 4.69) is 17.6 Å². The lowest BCUT2D eigenvalue weighted by Crippen LogP contribution is -2.30. The van der Waals surface area contributed by atoms with Gasteiger partial charge < -0.3 is 15.7 Å². The molecule has 0 saturated heterocycles. The number of carbonyl (C=O) groups excluding carboxylic acids is 1. The molecule has 1 unspecified atom stereocenters. The van der Waals surface area contributed by atoms with Crippen LogP contribution in [0.15, 0.2) is 24.3 Å². The van der Waals surface area contributed by atoms with Crippen molar-refractivity contribution in [3.05, 3.63) is 29.8 Å².